The topological polar surface area (TPSA) is 71.9 Å². The number of hydrogen-bond donors (Lipinski definition) is 1. The number of ketones is 1. The maximum Gasteiger partial charge on any atom is 0.317 e. The summed E-state index contributed by atoms with van der Waals surface area (Å²) in [4.78, 5) is 39.9. The fraction of sp³-hybridized carbons (Fsp3) is 0.188. The van der Waals surface area contributed by atoms with E-state index < -0.39 is 11.1 Å². The highest BCUT2D eigenvalue weighted by atomic mass is 32.1. The number of aromatic amines is 1. The minimum Gasteiger partial charge on any atom is -0.315 e. The highest BCUT2D eigenvalue weighted by molar-refractivity contribution is 7.20. The first-order chi connectivity index (χ1) is 10.5. The van der Waals surface area contributed by atoms with Crippen LogP contribution in [0.25, 0.3) is 10.3 Å². The largest absolute Gasteiger partial charge is 0.317 e. The zero-order valence-electron chi connectivity index (χ0n) is 12.1. The van der Waals surface area contributed by atoms with E-state index in [4.69, 9.17) is 0 Å². The summed E-state index contributed by atoms with van der Waals surface area (Å²) in [5.41, 5.74) is -0.168. The predicted octanol–water partition coefficient (Wildman–Crippen LogP) is 2.56. The number of nitrogens with zero attached hydrogens (tertiary/aromatic N) is 1. The van der Waals surface area contributed by atoms with Crippen LogP contribution in [0.3, 0.4) is 0 Å². The van der Waals surface area contributed by atoms with Gasteiger partial charge in [-0.05, 0) is 19.9 Å². The second-order valence-corrected chi connectivity index (χ2v) is 6.28. The van der Waals surface area contributed by atoms with Crippen LogP contribution in [0.15, 0.2) is 46.0 Å². The lowest BCUT2D eigenvalue weighted by Crippen LogP contribution is -2.36. The highest BCUT2D eigenvalue weighted by Gasteiger charge is 2.17. The highest BCUT2D eigenvalue weighted by Crippen LogP contribution is 2.26. The molecule has 0 aliphatic rings. The van der Waals surface area contributed by atoms with Gasteiger partial charge in [0.15, 0.2) is 0 Å². The van der Waals surface area contributed by atoms with Gasteiger partial charge in [0.05, 0.1) is 10.4 Å². The Hall–Kier alpha value is -2.47. The first-order valence-electron chi connectivity index (χ1n) is 6.87. The Morgan fingerprint density at radius 2 is 1.86 bits per heavy atom. The van der Waals surface area contributed by atoms with Gasteiger partial charge in [-0.2, -0.15) is 0 Å². The second-order valence-electron chi connectivity index (χ2n) is 5.25. The molecule has 0 radical (unpaired) electrons. The van der Waals surface area contributed by atoms with E-state index in [0.29, 0.717) is 20.8 Å². The third-order valence-electron chi connectivity index (χ3n) is 3.37. The molecule has 0 saturated carbocycles. The molecule has 0 unspecified atom stereocenters. The van der Waals surface area contributed by atoms with Crippen molar-refractivity contribution in [2.24, 2.45) is 0 Å². The Labute approximate surface area is 129 Å². The lowest BCUT2D eigenvalue weighted by molar-refractivity contribution is 0.104. The minimum atomic E-state index is -0.669. The maximum absolute atomic E-state index is 12.5. The van der Waals surface area contributed by atoms with Crippen molar-refractivity contribution >= 4 is 27.5 Å². The number of benzene rings is 1. The molecule has 1 N–H and O–H groups in total. The Morgan fingerprint density at radius 3 is 2.50 bits per heavy atom. The van der Waals surface area contributed by atoms with Gasteiger partial charge in [0.25, 0.3) is 0 Å². The number of carbonyl (C=O) groups excluding carboxylic acids is 1. The number of H-pyrrole nitrogens is 1. The fourth-order valence-corrected chi connectivity index (χ4v) is 3.55. The number of nitrogens with one attached hydrogen (secondary N) is 1. The SMILES string of the molecule is CC(C)n1c(=O)c(=O)[nH]c2cc(C(=O)c3ccccc3)sc21. The zero-order chi connectivity index (χ0) is 15.9. The number of rotatable bonds is 3. The summed E-state index contributed by atoms with van der Waals surface area (Å²) in [6.07, 6.45) is 0. The lowest BCUT2D eigenvalue weighted by Gasteiger charge is -2.09. The molecular formula is C16H14N2O3S. The summed E-state index contributed by atoms with van der Waals surface area (Å²) >= 11 is 1.22. The van der Waals surface area contributed by atoms with Gasteiger partial charge in [-0.25, -0.2) is 0 Å². The lowest BCUT2D eigenvalue weighted by atomic mass is 10.1. The van der Waals surface area contributed by atoms with Crippen LogP contribution in [0.2, 0.25) is 0 Å². The Bertz CT molecular complexity index is 964. The van der Waals surface area contributed by atoms with E-state index in [1.165, 1.54) is 15.9 Å². The molecule has 5 nitrogen and oxygen atoms in total. The van der Waals surface area contributed by atoms with Gasteiger partial charge in [0, 0.05) is 11.6 Å². The van der Waals surface area contributed by atoms with Crippen molar-refractivity contribution < 1.29 is 4.79 Å². The van der Waals surface area contributed by atoms with Crippen LogP contribution in [0.1, 0.15) is 35.1 Å². The quantitative estimate of drug-likeness (QED) is 0.596. The van der Waals surface area contributed by atoms with Crippen molar-refractivity contribution in [3.63, 3.8) is 0 Å². The van der Waals surface area contributed by atoms with Crippen molar-refractivity contribution in [3.8, 4) is 0 Å². The third kappa shape index (κ3) is 2.31. The third-order valence-corrected chi connectivity index (χ3v) is 4.50. The van der Waals surface area contributed by atoms with Crippen LogP contribution in [-0.2, 0) is 0 Å². The molecule has 2 aromatic heterocycles. The molecule has 0 amide bonds. The maximum atomic E-state index is 12.5. The van der Waals surface area contributed by atoms with Gasteiger partial charge in [-0.15, -0.1) is 11.3 Å². The molecule has 0 aliphatic carbocycles. The van der Waals surface area contributed by atoms with Crippen molar-refractivity contribution in [2.75, 3.05) is 0 Å². The summed E-state index contributed by atoms with van der Waals surface area (Å²) in [5, 5.41) is 0. The van der Waals surface area contributed by atoms with Crippen molar-refractivity contribution in [1.29, 1.82) is 0 Å². The van der Waals surface area contributed by atoms with Gasteiger partial charge < -0.3 is 4.98 Å². The molecule has 6 heteroatoms. The molecule has 112 valence electrons. The van der Waals surface area contributed by atoms with Crippen LogP contribution < -0.4 is 11.1 Å². The van der Waals surface area contributed by atoms with Crippen molar-refractivity contribution in [1.82, 2.24) is 9.55 Å². The Morgan fingerprint density at radius 1 is 1.18 bits per heavy atom. The summed E-state index contributed by atoms with van der Waals surface area (Å²) < 4.78 is 1.43. The molecule has 3 aromatic rings. The number of carbonyl (C=O) groups is 1. The second kappa shape index (κ2) is 5.38. The zero-order valence-corrected chi connectivity index (χ0v) is 12.9. The molecule has 2 heterocycles. The minimum absolute atomic E-state index is 0.120. The molecule has 0 spiro atoms. The molecule has 3 rings (SSSR count). The van der Waals surface area contributed by atoms with Crippen LogP contribution in [0.5, 0.6) is 0 Å². The summed E-state index contributed by atoms with van der Waals surface area (Å²) in [7, 11) is 0. The average Bonchev–Trinajstić information content (AvgIpc) is 2.91. The van der Waals surface area contributed by atoms with E-state index in [1.807, 2.05) is 19.9 Å². The molecule has 0 saturated heterocycles. The van der Waals surface area contributed by atoms with Gasteiger partial charge in [-0.1, -0.05) is 30.3 Å². The summed E-state index contributed by atoms with van der Waals surface area (Å²) in [6.45, 7) is 3.66. The van der Waals surface area contributed by atoms with E-state index in [9.17, 15) is 14.4 Å². The molecule has 1 aromatic carbocycles. The van der Waals surface area contributed by atoms with E-state index in [-0.39, 0.29) is 11.8 Å². The average molecular weight is 314 g/mol. The van der Waals surface area contributed by atoms with E-state index in [0.717, 1.165) is 0 Å². The molecule has 0 bridgehead atoms. The molecule has 0 fully saturated rings. The number of fused-ring (bicyclic) bond motifs is 1. The molecule has 22 heavy (non-hydrogen) atoms. The van der Waals surface area contributed by atoms with Crippen LogP contribution >= 0.6 is 11.3 Å². The fourth-order valence-electron chi connectivity index (χ4n) is 2.34. The van der Waals surface area contributed by atoms with Crippen LogP contribution in [0.4, 0.5) is 0 Å². The van der Waals surface area contributed by atoms with Gasteiger partial charge in [0.2, 0.25) is 5.78 Å². The smallest absolute Gasteiger partial charge is 0.315 e. The van der Waals surface area contributed by atoms with Crippen molar-refractivity contribution in [2.45, 2.75) is 19.9 Å². The Balaban J connectivity index is 2.23. The van der Waals surface area contributed by atoms with Gasteiger partial charge in [0.1, 0.15) is 4.83 Å². The van der Waals surface area contributed by atoms with Gasteiger partial charge >= 0.3 is 11.1 Å². The molecule has 0 aliphatic heterocycles. The standard InChI is InChI=1S/C16H14N2O3S/c1-9(2)18-15(21)14(20)17-11-8-12(22-16(11)18)13(19)10-6-4-3-5-7-10/h3-9H,1-2H3,(H,17,20). The first-order valence-corrected chi connectivity index (χ1v) is 7.69. The predicted molar refractivity (Wildman–Crippen MR) is 87.0 cm³/mol. The molecule has 0 atom stereocenters. The Kier molecular flexibility index (Phi) is 3.54. The first kappa shape index (κ1) is 14.5. The van der Waals surface area contributed by atoms with Crippen LogP contribution in [0, 0.1) is 0 Å². The van der Waals surface area contributed by atoms with E-state index >= 15 is 0 Å². The summed E-state index contributed by atoms with van der Waals surface area (Å²) in [6, 6.07) is 10.4. The van der Waals surface area contributed by atoms with E-state index in [1.54, 1.807) is 30.3 Å². The van der Waals surface area contributed by atoms with Gasteiger partial charge in [-0.3, -0.25) is 19.0 Å². The molecular weight excluding hydrogens is 300 g/mol. The van der Waals surface area contributed by atoms with Crippen LogP contribution in [-0.4, -0.2) is 15.3 Å². The van der Waals surface area contributed by atoms with E-state index in [2.05, 4.69) is 4.98 Å². The monoisotopic (exact) mass is 314 g/mol. The number of thiophene rings is 1. The van der Waals surface area contributed by atoms with Crippen molar-refractivity contribution in [3.05, 3.63) is 67.5 Å². The number of hydrogen-bond acceptors (Lipinski definition) is 4. The normalized spacial score (nSPS) is 11.2. The summed E-state index contributed by atoms with van der Waals surface area (Å²) in [5.74, 6) is -0.120. The number of aromatic nitrogens is 2.